The summed E-state index contributed by atoms with van der Waals surface area (Å²) in [6.07, 6.45) is 7.07. The minimum Gasteiger partial charge on any atom is -0.268 e. The SMILES string of the molecule is CCCCc1ccc(-n2c(-c3cccnc3)n[nH]c2=S)cc1. The van der Waals surface area contributed by atoms with Gasteiger partial charge in [-0.05, 0) is 54.9 Å². The Morgan fingerprint density at radius 1 is 1.18 bits per heavy atom. The summed E-state index contributed by atoms with van der Waals surface area (Å²) in [6, 6.07) is 12.4. The van der Waals surface area contributed by atoms with Gasteiger partial charge in [-0.3, -0.25) is 14.6 Å². The molecule has 112 valence electrons. The molecule has 3 aromatic rings. The lowest BCUT2D eigenvalue weighted by Crippen LogP contribution is -1.98. The van der Waals surface area contributed by atoms with Gasteiger partial charge in [-0.15, -0.1) is 0 Å². The summed E-state index contributed by atoms with van der Waals surface area (Å²) < 4.78 is 2.52. The highest BCUT2D eigenvalue weighted by Crippen LogP contribution is 2.21. The normalized spacial score (nSPS) is 10.8. The van der Waals surface area contributed by atoms with Crippen LogP contribution in [0, 0.1) is 4.77 Å². The second-order valence-corrected chi connectivity index (χ2v) is 5.59. The van der Waals surface area contributed by atoms with Crippen LogP contribution in [-0.2, 0) is 6.42 Å². The van der Waals surface area contributed by atoms with Crippen LogP contribution < -0.4 is 0 Å². The van der Waals surface area contributed by atoms with E-state index in [1.807, 2.05) is 16.7 Å². The van der Waals surface area contributed by atoms with E-state index in [0.717, 1.165) is 23.5 Å². The molecule has 0 aliphatic carbocycles. The Hall–Kier alpha value is -2.27. The predicted octanol–water partition coefficient (Wildman–Crippen LogP) is 4.33. The number of aromatic amines is 1. The number of nitrogens with one attached hydrogen (secondary N) is 1. The van der Waals surface area contributed by atoms with Crippen molar-refractivity contribution in [3.05, 3.63) is 59.1 Å². The smallest absolute Gasteiger partial charge is 0.200 e. The molecule has 0 spiro atoms. The molecule has 0 saturated carbocycles. The quantitative estimate of drug-likeness (QED) is 0.713. The van der Waals surface area contributed by atoms with E-state index in [2.05, 4.69) is 46.4 Å². The molecule has 22 heavy (non-hydrogen) atoms. The van der Waals surface area contributed by atoms with Gasteiger partial charge >= 0.3 is 0 Å². The number of unbranched alkanes of at least 4 members (excludes halogenated alkanes) is 1. The number of nitrogens with zero attached hydrogens (tertiary/aromatic N) is 3. The molecule has 0 amide bonds. The van der Waals surface area contributed by atoms with Gasteiger partial charge in [0.05, 0.1) is 0 Å². The number of aromatic nitrogens is 4. The zero-order chi connectivity index (χ0) is 15.4. The number of hydrogen-bond acceptors (Lipinski definition) is 3. The van der Waals surface area contributed by atoms with Crippen LogP contribution in [0.5, 0.6) is 0 Å². The van der Waals surface area contributed by atoms with Gasteiger partial charge in [-0.25, -0.2) is 0 Å². The van der Waals surface area contributed by atoms with Crippen molar-refractivity contribution in [2.45, 2.75) is 26.2 Å². The molecule has 5 heteroatoms. The fourth-order valence-electron chi connectivity index (χ4n) is 2.42. The lowest BCUT2D eigenvalue weighted by molar-refractivity contribution is 0.795. The first kappa shape index (κ1) is 14.7. The molecular formula is C17H18N4S. The Morgan fingerprint density at radius 2 is 2.00 bits per heavy atom. The van der Waals surface area contributed by atoms with Crippen LogP contribution in [0.3, 0.4) is 0 Å². The molecule has 4 nitrogen and oxygen atoms in total. The van der Waals surface area contributed by atoms with Gasteiger partial charge in [0.15, 0.2) is 10.6 Å². The van der Waals surface area contributed by atoms with Crippen molar-refractivity contribution < 1.29 is 0 Å². The van der Waals surface area contributed by atoms with Gasteiger partial charge in [-0.2, -0.15) is 5.10 Å². The Bertz CT molecular complexity index is 788. The third-order valence-corrected chi connectivity index (χ3v) is 3.88. The number of H-pyrrole nitrogens is 1. The molecule has 2 heterocycles. The lowest BCUT2D eigenvalue weighted by atomic mass is 10.1. The maximum absolute atomic E-state index is 5.38. The van der Waals surface area contributed by atoms with Crippen LogP contribution in [0.1, 0.15) is 25.3 Å². The molecule has 0 aliphatic rings. The average Bonchev–Trinajstić information content (AvgIpc) is 2.96. The zero-order valence-corrected chi connectivity index (χ0v) is 13.3. The van der Waals surface area contributed by atoms with Crippen LogP contribution in [0.4, 0.5) is 0 Å². The monoisotopic (exact) mass is 310 g/mol. The van der Waals surface area contributed by atoms with Crippen molar-refractivity contribution in [3.8, 4) is 17.1 Å². The molecule has 1 aromatic carbocycles. The van der Waals surface area contributed by atoms with Gasteiger partial charge in [0, 0.05) is 23.6 Å². The van der Waals surface area contributed by atoms with Crippen LogP contribution in [0.2, 0.25) is 0 Å². The largest absolute Gasteiger partial charge is 0.268 e. The molecule has 0 bridgehead atoms. The summed E-state index contributed by atoms with van der Waals surface area (Å²) in [4.78, 5) is 4.15. The molecule has 1 N–H and O–H groups in total. The fourth-order valence-corrected chi connectivity index (χ4v) is 2.66. The lowest BCUT2D eigenvalue weighted by Gasteiger charge is -2.08. The molecule has 3 rings (SSSR count). The first-order valence-corrected chi connectivity index (χ1v) is 7.87. The second kappa shape index (κ2) is 6.66. The fraction of sp³-hybridized carbons (Fsp3) is 0.235. The van der Waals surface area contributed by atoms with E-state index < -0.39 is 0 Å². The maximum atomic E-state index is 5.38. The van der Waals surface area contributed by atoms with Gasteiger partial charge in [-0.1, -0.05) is 25.5 Å². The van der Waals surface area contributed by atoms with E-state index >= 15 is 0 Å². The highest BCUT2D eigenvalue weighted by molar-refractivity contribution is 7.71. The van der Waals surface area contributed by atoms with E-state index in [0.29, 0.717) is 4.77 Å². The van der Waals surface area contributed by atoms with E-state index in [1.54, 1.807) is 12.4 Å². The standard InChI is InChI=1S/C17H18N4S/c1-2-3-5-13-7-9-15(10-8-13)21-16(19-20-17(21)22)14-6-4-11-18-12-14/h4,6-12H,2-3,5H2,1H3,(H,20,22). The number of rotatable bonds is 5. The third kappa shape index (κ3) is 2.99. The van der Waals surface area contributed by atoms with Gasteiger partial charge < -0.3 is 0 Å². The topological polar surface area (TPSA) is 46.5 Å². The van der Waals surface area contributed by atoms with E-state index in [4.69, 9.17) is 12.2 Å². The molecule has 0 aliphatic heterocycles. The third-order valence-electron chi connectivity index (χ3n) is 3.61. The van der Waals surface area contributed by atoms with Crippen LogP contribution >= 0.6 is 12.2 Å². The van der Waals surface area contributed by atoms with E-state index in [-0.39, 0.29) is 0 Å². The zero-order valence-electron chi connectivity index (χ0n) is 12.5. The highest BCUT2D eigenvalue weighted by Gasteiger charge is 2.10. The minimum absolute atomic E-state index is 0.583. The van der Waals surface area contributed by atoms with Gasteiger partial charge in [0.2, 0.25) is 0 Å². The summed E-state index contributed by atoms with van der Waals surface area (Å²) in [5.74, 6) is 0.777. The number of hydrogen-bond donors (Lipinski definition) is 1. The molecule has 2 aromatic heterocycles. The predicted molar refractivity (Wildman–Crippen MR) is 90.6 cm³/mol. The Labute approximate surface area is 134 Å². The summed E-state index contributed by atoms with van der Waals surface area (Å²) in [6.45, 7) is 2.21. The Kier molecular flexibility index (Phi) is 4.44. The highest BCUT2D eigenvalue weighted by atomic mass is 32.1. The Morgan fingerprint density at radius 3 is 2.68 bits per heavy atom. The van der Waals surface area contributed by atoms with Crippen molar-refractivity contribution in [1.82, 2.24) is 19.7 Å². The van der Waals surface area contributed by atoms with Crippen LogP contribution in [-0.4, -0.2) is 19.7 Å². The number of pyridine rings is 1. The average molecular weight is 310 g/mol. The summed E-state index contributed by atoms with van der Waals surface area (Å²) in [5.41, 5.74) is 3.30. The number of benzene rings is 1. The molecule has 0 saturated heterocycles. The van der Waals surface area contributed by atoms with Crippen molar-refractivity contribution in [3.63, 3.8) is 0 Å². The maximum Gasteiger partial charge on any atom is 0.200 e. The summed E-state index contributed by atoms with van der Waals surface area (Å²) in [7, 11) is 0. The van der Waals surface area contributed by atoms with E-state index in [1.165, 1.54) is 18.4 Å². The van der Waals surface area contributed by atoms with Crippen molar-refractivity contribution >= 4 is 12.2 Å². The van der Waals surface area contributed by atoms with Crippen molar-refractivity contribution in [1.29, 1.82) is 0 Å². The minimum atomic E-state index is 0.583. The first-order chi connectivity index (χ1) is 10.8. The van der Waals surface area contributed by atoms with Crippen LogP contribution in [0.25, 0.3) is 17.1 Å². The molecule has 0 atom stereocenters. The molecule has 0 radical (unpaired) electrons. The Balaban J connectivity index is 1.98. The van der Waals surface area contributed by atoms with Gasteiger partial charge in [0.1, 0.15) is 0 Å². The van der Waals surface area contributed by atoms with Crippen molar-refractivity contribution in [2.75, 3.05) is 0 Å². The summed E-state index contributed by atoms with van der Waals surface area (Å²) >= 11 is 5.38. The second-order valence-electron chi connectivity index (χ2n) is 5.20. The number of aryl methyl sites for hydroxylation is 1. The van der Waals surface area contributed by atoms with E-state index in [9.17, 15) is 0 Å². The molecule has 0 unspecified atom stereocenters. The van der Waals surface area contributed by atoms with Gasteiger partial charge in [0.25, 0.3) is 0 Å². The molecule has 0 fully saturated rings. The molecular weight excluding hydrogens is 292 g/mol. The summed E-state index contributed by atoms with van der Waals surface area (Å²) in [5, 5.41) is 7.21. The first-order valence-electron chi connectivity index (χ1n) is 7.46. The van der Waals surface area contributed by atoms with Crippen LogP contribution in [0.15, 0.2) is 48.8 Å². The van der Waals surface area contributed by atoms with Crippen molar-refractivity contribution in [2.24, 2.45) is 0 Å².